The van der Waals surface area contributed by atoms with E-state index in [2.05, 4.69) is 10.3 Å². The number of ether oxygens (including phenoxy) is 2. The first kappa shape index (κ1) is 29.1. The van der Waals surface area contributed by atoms with Gasteiger partial charge >= 0.3 is 0 Å². The van der Waals surface area contributed by atoms with Gasteiger partial charge in [0.1, 0.15) is 11.5 Å². The Hall–Kier alpha value is -3.86. The third-order valence-electron chi connectivity index (χ3n) is 6.01. The standard InChI is InChI=1S/C29H31ClN4O5S/c1-20(2)17-33(40(36,37)26-14-8-22(30)9-15-26)19-28(35)32-29-31-27(21-6-5-7-25(16-21)39-4)18-34(29)23-10-12-24(38-3)13-11-23/h5-16,18,20H,17,19H2,1-4H3,(H,31,32,35). The van der Waals surface area contributed by atoms with Gasteiger partial charge in [0.05, 0.1) is 31.4 Å². The highest BCUT2D eigenvalue weighted by Crippen LogP contribution is 2.28. The second-order valence-corrected chi connectivity index (χ2v) is 11.8. The van der Waals surface area contributed by atoms with Gasteiger partial charge in [-0.3, -0.25) is 14.7 Å². The van der Waals surface area contributed by atoms with Crippen LogP contribution in [0.15, 0.2) is 83.9 Å². The van der Waals surface area contributed by atoms with Crippen molar-refractivity contribution in [2.24, 2.45) is 5.92 Å². The highest BCUT2D eigenvalue weighted by molar-refractivity contribution is 7.89. The lowest BCUT2D eigenvalue weighted by Crippen LogP contribution is -2.40. The molecule has 0 saturated heterocycles. The summed E-state index contributed by atoms with van der Waals surface area (Å²) in [6.45, 7) is 3.53. The van der Waals surface area contributed by atoms with Crippen molar-refractivity contribution < 1.29 is 22.7 Å². The van der Waals surface area contributed by atoms with Crippen molar-refractivity contribution in [2.45, 2.75) is 18.7 Å². The van der Waals surface area contributed by atoms with E-state index in [1.807, 2.05) is 50.2 Å². The van der Waals surface area contributed by atoms with Crippen LogP contribution in [0.3, 0.4) is 0 Å². The van der Waals surface area contributed by atoms with Crippen LogP contribution in [0.1, 0.15) is 13.8 Å². The van der Waals surface area contributed by atoms with Crippen molar-refractivity contribution in [3.05, 3.63) is 84.0 Å². The predicted octanol–water partition coefficient (Wildman–Crippen LogP) is 5.50. The lowest BCUT2D eigenvalue weighted by molar-refractivity contribution is -0.116. The summed E-state index contributed by atoms with van der Waals surface area (Å²) in [5.74, 6) is 1.03. The number of nitrogens with zero attached hydrogens (tertiary/aromatic N) is 3. The molecule has 1 aromatic heterocycles. The molecule has 4 rings (SSSR count). The van der Waals surface area contributed by atoms with E-state index in [4.69, 9.17) is 21.1 Å². The topological polar surface area (TPSA) is 103 Å². The Morgan fingerprint density at radius 2 is 1.68 bits per heavy atom. The molecule has 9 nitrogen and oxygen atoms in total. The molecule has 1 N–H and O–H groups in total. The Kier molecular flexibility index (Phi) is 9.14. The highest BCUT2D eigenvalue weighted by Gasteiger charge is 2.28. The van der Waals surface area contributed by atoms with Gasteiger partial charge in [0.25, 0.3) is 0 Å². The molecule has 210 valence electrons. The van der Waals surface area contributed by atoms with Gasteiger partial charge in [0, 0.05) is 29.0 Å². The molecular formula is C29H31ClN4O5S. The Bertz CT molecular complexity index is 1570. The van der Waals surface area contributed by atoms with Gasteiger partial charge in [-0.2, -0.15) is 4.31 Å². The number of carbonyl (C=O) groups is 1. The van der Waals surface area contributed by atoms with Crippen molar-refractivity contribution in [3.63, 3.8) is 0 Å². The van der Waals surface area contributed by atoms with Crippen molar-refractivity contribution >= 4 is 33.5 Å². The molecule has 0 aliphatic carbocycles. The van der Waals surface area contributed by atoms with E-state index in [1.165, 1.54) is 28.6 Å². The second kappa shape index (κ2) is 12.5. The van der Waals surface area contributed by atoms with E-state index >= 15 is 0 Å². The quantitative estimate of drug-likeness (QED) is 0.251. The maximum atomic E-state index is 13.4. The summed E-state index contributed by atoms with van der Waals surface area (Å²) in [6, 6.07) is 20.6. The number of nitrogens with one attached hydrogen (secondary N) is 1. The molecular weight excluding hydrogens is 552 g/mol. The summed E-state index contributed by atoms with van der Waals surface area (Å²) in [6.07, 6.45) is 1.79. The maximum Gasteiger partial charge on any atom is 0.243 e. The van der Waals surface area contributed by atoms with Gasteiger partial charge in [0.2, 0.25) is 21.9 Å². The van der Waals surface area contributed by atoms with Gasteiger partial charge in [-0.1, -0.05) is 37.6 Å². The molecule has 0 atom stereocenters. The number of benzene rings is 3. The Balaban J connectivity index is 1.67. The minimum atomic E-state index is -3.96. The van der Waals surface area contributed by atoms with E-state index in [9.17, 15) is 13.2 Å². The van der Waals surface area contributed by atoms with Crippen LogP contribution >= 0.6 is 11.6 Å². The number of methoxy groups -OCH3 is 2. The molecule has 0 fully saturated rings. The molecule has 0 aliphatic heterocycles. The first-order valence-electron chi connectivity index (χ1n) is 12.5. The smallest absolute Gasteiger partial charge is 0.243 e. The van der Waals surface area contributed by atoms with E-state index in [0.717, 1.165) is 11.3 Å². The van der Waals surface area contributed by atoms with E-state index in [0.29, 0.717) is 22.2 Å². The zero-order valence-corrected chi connectivity index (χ0v) is 24.2. The second-order valence-electron chi connectivity index (χ2n) is 9.44. The molecule has 0 bridgehead atoms. The molecule has 40 heavy (non-hydrogen) atoms. The lowest BCUT2D eigenvalue weighted by Gasteiger charge is -2.23. The van der Waals surface area contributed by atoms with E-state index in [-0.39, 0.29) is 23.3 Å². The number of sulfonamides is 1. The van der Waals surface area contributed by atoms with Crippen LogP contribution in [0.2, 0.25) is 5.02 Å². The third kappa shape index (κ3) is 6.82. The number of carbonyl (C=O) groups excluding carboxylic acids is 1. The SMILES string of the molecule is COc1ccc(-n2cc(-c3cccc(OC)c3)nc2NC(=O)CN(CC(C)C)S(=O)(=O)c2ccc(Cl)cc2)cc1. The molecule has 0 radical (unpaired) electrons. The fraction of sp³-hybridized carbons (Fsp3) is 0.241. The average Bonchev–Trinajstić information content (AvgIpc) is 3.36. The molecule has 3 aromatic carbocycles. The maximum absolute atomic E-state index is 13.4. The van der Waals surface area contributed by atoms with Crippen molar-refractivity contribution in [1.29, 1.82) is 0 Å². The summed E-state index contributed by atoms with van der Waals surface area (Å²) < 4.78 is 40.4. The number of halogens is 1. The van der Waals surface area contributed by atoms with Crippen molar-refractivity contribution in [1.82, 2.24) is 13.9 Å². The van der Waals surface area contributed by atoms with Crippen LogP contribution in [0.5, 0.6) is 11.5 Å². The van der Waals surface area contributed by atoms with Gasteiger partial charge in [-0.05, 0) is 66.6 Å². The summed E-state index contributed by atoms with van der Waals surface area (Å²) in [7, 11) is -0.789. The van der Waals surface area contributed by atoms with Gasteiger partial charge in [-0.15, -0.1) is 0 Å². The molecule has 4 aromatic rings. The fourth-order valence-corrected chi connectivity index (χ4v) is 5.75. The minimum Gasteiger partial charge on any atom is -0.497 e. The molecule has 0 aliphatic rings. The molecule has 0 unspecified atom stereocenters. The van der Waals surface area contributed by atoms with Crippen LogP contribution < -0.4 is 14.8 Å². The number of hydrogen-bond acceptors (Lipinski definition) is 6. The summed E-state index contributed by atoms with van der Waals surface area (Å²) in [4.78, 5) is 18.1. The molecule has 0 saturated carbocycles. The van der Waals surface area contributed by atoms with Gasteiger partial charge < -0.3 is 9.47 Å². The fourth-order valence-electron chi connectivity index (χ4n) is 4.06. The number of aromatic nitrogens is 2. The predicted molar refractivity (Wildman–Crippen MR) is 156 cm³/mol. The number of anilines is 1. The van der Waals surface area contributed by atoms with Crippen LogP contribution in [0, 0.1) is 5.92 Å². The van der Waals surface area contributed by atoms with Gasteiger partial charge in [-0.25, -0.2) is 13.4 Å². The molecule has 1 amide bonds. The summed E-state index contributed by atoms with van der Waals surface area (Å²) >= 11 is 5.95. The van der Waals surface area contributed by atoms with Crippen molar-refractivity contribution in [2.75, 3.05) is 32.6 Å². The van der Waals surface area contributed by atoms with Crippen molar-refractivity contribution in [3.8, 4) is 28.4 Å². The molecule has 11 heteroatoms. The number of rotatable bonds is 11. The number of imidazole rings is 1. The Morgan fingerprint density at radius 3 is 2.30 bits per heavy atom. The largest absolute Gasteiger partial charge is 0.497 e. The lowest BCUT2D eigenvalue weighted by atomic mass is 10.1. The van der Waals surface area contributed by atoms with Gasteiger partial charge in [0.15, 0.2) is 0 Å². The van der Waals surface area contributed by atoms with Crippen LogP contribution in [-0.2, 0) is 14.8 Å². The summed E-state index contributed by atoms with van der Waals surface area (Å²) in [5, 5.41) is 3.24. The highest BCUT2D eigenvalue weighted by atomic mass is 35.5. The number of amides is 1. The summed E-state index contributed by atoms with van der Waals surface area (Å²) in [5.41, 5.74) is 2.11. The normalized spacial score (nSPS) is 11.6. The number of hydrogen-bond donors (Lipinski definition) is 1. The average molecular weight is 583 g/mol. The van der Waals surface area contributed by atoms with Crippen LogP contribution in [-0.4, -0.2) is 55.5 Å². The van der Waals surface area contributed by atoms with E-state index < -0.39 is 22.5 Å². The monoisotopic (exact) mass is 582 g/mol. The van der Waals surface area contributed by atoms with E-state index in [1.54, 1.807) is 37.1 Å². The third-order valence-corrected chi connectivity index (χ3v) is 8.09. The minimum absolute atomic E-state index is 0.0178. The van der Waals surface area contributed by atoms with Crippen LogP contribution in [0.25, 0.3) is 16.9 Å². The Labute approximate surface area is 239 Å². The first-order valence-corrected chi connectivity index (χ1v) is 14.4. The zero-order chi connectivity index (χ0) is 28.9. The first-order chi connectivity index (χ1) is 19.1. The zero-order valence-electron chi connectivity index (χ0n) is 22.7. The Morgan fingerprint density at radius 1 is 1.00 bits per heavy atom. The molecule has 0 spiro atoms. The molecule has 1 heterocycles. The van der Waals surface area contributed by atoms with Crippen LogP contribution in [0.4, 0.5) is 5.95 Å².